The van der Waals surface area contributed by atoms with Crippen LogP contribution in [0, 0.1) is 0 Å². The van der Waals surface area contributed by atoms with Crippen molar-refractivity contribution in [3.05, 3.63) is 29.8 Å². The molecule has 1 atom stereocenters. The number of hydrogen-bond donors (Lipinski definition) is 1. The number of benzene rings is 1. The lowest BCUT2D eigenvalue weighted by Gasteiger charge is -2.13. The summed E-state index contributed by atoms with van der Waals surface area (Å²) in [7, 11) is 3.63. The summed E-state index contributed by atoms with van der Waals surface area (Å²) in [4.78, 5) is 0. The van der Waals surface area contributed by atoms with Crippen molar-refractivity contribution in [2.75, 3.05) is 20.7 Å². The molecule has 0 aliphatic rings. The SMILES string of the molecule is CNCCC(C)OCc1cccc(OC)c1. The molecule has 1 rings (SSSR count). The maximum Gasteiger partial charge on any atom is 0.119 e. The van der Waals surface area contributed by atoms with E-state index < -0.39 is 0 Å². The molecule has 1 aromatic carbocycles. The van der Waals surface area contributed by atoms with Gasteiger partial charge >= 0.3 is 0 Å². The summed E-state index contributed by atoms with van der Waals surface area (Å²) in [5.74, 6) is 0.879. The monoisotopic (exact) mass is 223 g/mol. The molecule has 0 heterocycles. The summed E-state index contributed by atoms with van der Waals surface area (Å²) in [6, 6.07) is 7.97. The highest BCUT2D eigenvalue weighted by atomic mass is 16.5. The Bertz CT molecular complexity index is 302. The fraction of sp³-hybridized carbons (Fsp3) is 0.538. The van der Waals surface area contributed by atoms with Crippen LogP contribution in [0.4, 0.5) is 0 Å². The second-order valence-electron chi connectivity index (χ2n) is 3.87. The third kappa shape index (κ3) is 4.64. The Labute approximate surface area is 97.8 Å². The maximum absolute atomic E-state index is 5.73. The van der Waals surface area contributed by atoms with Gasteiger partial charge in [-0.05, 0) is 44.6 Å². The molecule has 0 aliphatic carbocycles. The molecule has 1 N–H and O–H groups in total. The molecular weight excluding hydrogens is 202 g/mol. The van der Waals surface area contributed by atoms with Crippen molar-refractivity contribution in [1.82, 2.24) is 5.32 Å². The molecular formula is C13H21NO2. The zero-order valence-electron chi connectivity index (χ0n) is 10.3. The lowest BCUT2D eigenvalue weighted by Crippen LogP contribution is -2.17. The quantitative estimate of drug-likeness (QED) is 0.768. The van der Waals surface area contributed by atoms with E-state index in [1.54, 1.807) is 7.11 Å². The van der Waals surface area contributed by atoms with E-state index in [0.29, 0.717) is 6.61 Å². The molecule has 0 amide bonds. The molecule has 0 fully saturated rings. The highest BCUT2D eigenvalue weighted by Gasteiger charge is 2.02. The second kappa shape index (κ2) is 7.25. The smallest absolute Gasteiger partial charge is 0.119 e. The van der Waals surface area contributed by atoms with Crippen LogP contribution in [0.15, 0.2) is 24.3 Å². The second-order valence-corrected chi connectivity index (χ2v) is 3.87. The Hall–Kier alpha value is -1.06. The van der Waals surface area contributed by atoms with Gasteiger partial charge in [-0.3, -0.25) is 0 Å². The maximum atomic E-state index is 5.73. The van der Waals surface area contributed by atoms with Gasteiger partial charge in [-0.15, -0.1) is 0 Å². The van der Waals surface area contributed by atoms with Crippen LogP contribution in [0.3, 0.4) is 0 Å². The van der Waals surface area contributed by atoms with Gasteiger partial charge in [0.25, 0.3) is 0 Å². The summed E-state index contributed by atoms with van der Waals surface area (Å²) in [5, 5.41) is 3.12. The van der Waals surface area contributed by atoms with Gasteiger partial charge in [-0.2, -0.15) is 0 Å². The van der Waals surface area contributed by atoms with Gasteiger partial charge in [-0.1, -0.05) is 12.1 Å². The first-order valence-electron chi connectivity index (χ1n) is 5.65. The van der Waals surface area contributed by atoms with Crippen molar-refractivity contribution >= 4 is 0 Å². The third-order valence-electron chi connectivity index (χ3n) is 2.47. The summed E-state index contributed by atoms with van der Waals surface area (Å²) in [6.45, 7) is 3.72. The fourth-order valence-corrected chi connectivity index (χ4v) is 1.43. The predicted molar refractivity (Wildman–Crippen MR) is 65.8 cm³/mol. The molecule has 0 saturated heterocycles. The van der Waals surface area contributed by atoms with E-state index in [9.17, 15) is 0 Å². The fourth-order valence-electron chi connectivity index (χ4n) is 1.43. The first-order valence-corrected chi connectivity index (χ1v) is 5.65. The molecule has 3 nitrogen and oxygen atoms in total. The van der Waals surface area contributed by atoms with E-state index in [-0.39, 0.29) is 6.10 Å². The van der Waals surface area contributed by atoms with Crippen LogP contribution in [-0.2, 0) is 11.3 Å². The van der Waals surface area contributed by atoms with E-state index >= 15 is 0 Å². The lowest BCUT2D eigenvalue weighted by atomic mass is 10.2. The van der Waals surface area contributed by atoms with Crippen molar-refractivity contribution in [3.8, 4) is 5.75 Å². The Balaban J connectivity index is 2.35. The van der Waals surface area contributed by atoms with Crippen LogP contribution < -0.4 is 10.1 Å². The van der Waals surface area contributed by atoms with Crippen LogP contribution in [0.25, 0.3) is 0 Å². The van der Waals surface area contributed by atoms with E-state index in [1.807, 2.05) is 31.3 Å². The van der Waals surface area contributed by atoms with Crippen LogP contribution >= 0.6 is 0 Å². The number of ether oxygens (including phenoxy) is 2. The number of methoxy groups -OCH3 is 1. The molecule has 0 radical (unpaired) electrons. The summed E-state index contributed by atoms with van der Waals surface area (Å²) in [5.41, 5.74) is 1.15. The van der Waals surface area contributed by atoms with Crippen LogP contribution in [0.2, 0.25) is 0 Å². The Morgan fingerprint density at radius 1 is 1.38 bits per heavy atom. The van der Waals surface area contributed by atoms with Crippen molar-refractivity contribution in [2.45, 2.75) is 26.1 Å². The average molecular weight is 223 g/mol. The lowest BCUT2D eigenvalue weighted by molar-refractivity contribution is 0.0480. The zero-order chi connectivity index (χ0) is 11.8. The van der Waals surface area contributed by atoms with Crippen molar-refractivity contribution < 1.29 is 9.47 Å². The number of hydrogen-bond acceptors (Lipinski definition) is 3. The third-order valence-corrected chi connectivity index (χ3v) is 2.47. The largest absolute Gasteiger partial charge is 0.497 e. The normalized spacial score (nSPS) is 12.4. The first kappa shape index (κ1) is 13.0. The van der Waals surface area contributed by atoms with Gasteiger partial charge < -0.3 is 14.8 Å². The van der Waals surface area contributed by atoms with E-state index in [1.165, 1.54) is 0 Å². The Morgan fingerprint density at radius 2 is 2.19 bits per heavy atom. The van der Waals surface area contributed by atoms with Crippen molar-refractivity contribution in [3.63, 3.8) is 0 Å². The highest BCUT2D eigenvalue weighted by Crippen LogP contribution is 2.14. The van der Waals surface area contributed by atoms with E-state index in [2.05, 4.69) is 12.2 Å². The standard InChI is InChI=1S/C13H21NO2/c1-11(7-8-14-2)16-10-12-5-4-6-13(9-12)15-3/h4-6,9,11,14H,7-8,10H2,1-3H3. The minimum atomic E-state index is 0.277. The summed E-state index contributed by atoms with van der Waals surface area (Å²) < 4.78 is 10.9. The van der Waals surface area contributed by atoms with Crippen LogP contribution in [0.1, 0.15) is 18.9 Å². The predicted octanol–water partition coefficient (Wildman–Crippen LogP) is 2.21. The average Bonchev–Trinajstić information content (AvgIpc) is 2.34. The van der Waals surface area contributed by atoms with E-state index in [0.717, 1.165) is 24.3 Å². The van der Waals surface area contributed by atoms with Gasteiger partial charge in [0.15, 0.2) is 0 Å². The highest BCUT2D eigenvalue weighted by molar-refractivity contribution is 5.27. The molecule has 16 heavy (non-hydrogen) atoms. The van der Waals surface area contributed by atoms with E-state index in [4.69, 9.17) is 9.47 Å². The van der Waals surface area contributed by atoms with Crippen LogP contribution in [0.5, 0.6) is 5.75 Å². The molecule has 0 saturated carbocycles. The molecule has 0 spiro atoms. The topological polar surface area (TPSA) is 30.5 Å². The molecule has 3 heteroatoms. The number of nitrogens with one attached hydrogen (secondary N) is 1. The molecule has 0 aliphatic heterocycles. The summed E-state index contributed by atoms with van der Waals surface area (Å²) >= 11 is 0. The minimum absolute atomic E-state index is 0.277. The molecule has 0 aromatic heterocycles. The van der Waals surface area contributed by atoms with Crippen molar-refractivity contribution in [1.29, 1.82) is 0 Å². The Morgan fingerprint density at radius 3 is 2.88 bits per heavy atom. The van der Waals surface area contributed by atoms with Gasteiger partial charge in [0, 0.05) is 0 Å². The van der Waals surface area contributed by atoms with Gasteiger partial charge in [0.2, 0.25) is 0 Å². The molecule has 90 valence electrons. The zero-order valence-corrected chi connectivity index (χ0v) is 10.3. The minimum Gasteiger partial charge on any atom is -0.497 e. The first-order chi connectivity index (χ1) is 7.76. The van der Waals surface area contributed by atoms with Gasteiger partial charge in [0.05, 0.1) is 19.8 Å². The van der Waals surface area contributed by atoms with Gasteiger partial charge in [-0.25, -0.2) is 0 Å². The molecule has 0 bridgehead atoms. The number of rotatable bonds is 7. The Kier molecular flexibility index (Phi) is 5.90. The molecule has 1 unspecified atom stereocenters. The van der Waals surface area contributed by atoms with Gasteiger partial charge in [0.1, 0.15) is 5.75 Å². The molecule has 1 aromatic rings. The summed E-state index contributed by atoms with van der Waals surface area (Å²) in [6.07, 6.45) is 1.30. The van der Waals surface area contributed by atoms with Crippen LogP contribution in [-0.4, -0.2) is 26.8 Å². The van der Waals surface area contributed by atoms with Crippen molar-refractivity contribution in [2.24, 2.45) is 0 Å².